The third-order valence-electron chi connectivity index (χ3n) is 4.57. The van der Waals surface area contributed by atoms with Crippen molar-refractivity contribution in [3.05, 3.63) is 101 Å². The van der Waals surface area contributed by atoms with Gasteiger partial charge in [-0.05, 0) is 29.3 Å². The van der Waals surface area contributed by atoms with Crippen LogP contribution in [0.5, 0.6) is 0 Å². The summed E-state index contributed by atoms with van der Waals surface area (Å²) < 4.78 is 44.6. The molecule has 0 aromatic heterocycles. The van der Waals surface area contributed by atoms with Crippen LogP contribution in [0.1, 0.15) is 16.7 Å². The lowest BCUT2D eigenvalue weighted by Gasteiger charge is -2.27. The number of carbonyl (C=O) groups is 2. The van der Waals surface area contributed by atoms with Gasteiger partial charge in [0.25, 0.3) is 5.91 Å². The molecule has 0 bridgehead atoms. The Bertz CT molecular complexity index is 1070. The van der Waals surface area contributed by atoms with Crippen molar-refractivity contribution in [2.24, 2.45) is 0 Å². The Balaban J connectivity index is 1.79. The minimum atomic E-state index is -4.76. The Morgan fingerprint density at radius 2 is 1.44 bits per heavy atom. The van der Waals surface area contributed by atoms with Gasteiger partial charge in [-0.15, -0.1) is 0 Å². The first-order chi connectivity index (χ1) is 15.1. The van der Waals surface area contributed by atoms with Gasteiger partial charge in [-0.25, -0.2) is 4.79 Å². The molecule has 1 amide bonds. The van der Waals surface area contributed by atoms with E-state index in [1.54, 1.807) is 36.4 Å². The maximum atomic E-state index is 13.2. The molecule has 0 fully saturated rings. The molecule has 0 atom stereocenters. The van der Waals surface area contributed by atoms with Gasteiger partial charge in [0.05, 0.1) is 11.3 Å². The molecule has 3 aromatic carbocycles. The van der Waals surface area contributed by atoms with Crippen LogP contribution in [0.4, 0.5) is 18.9 Å². The smallest absolute Gasteiger partial charge is 0.418 e. The standard InChI is InChI=1S/C23H17ClF3NO4/c24-17-11-12-19(18(13-17)23(25,26)27)28-20(29)14-32-21(30)22(31,15-7-3-1-4-8-15)16-9-5-2-6-10-16/h1-13,31H,14H2,(H,28,29). The zero-order chi connectivity index (χ0) is 23.4. The zero-order valence-electron chi connectivity index (χ0n) is 16.4. The van der Waals surface area contributed by atoms with Gasteiger partial charge < -0.3 is 15.2 Å². The molecule has 0 aliphatic heterocycles. The molecule has 9 heteroatoms. The highest BCUT2D eigenvalue weighted by atomic mass is 35.5. The Kier molecular flexibility index (Phi) is 6.86. The van der Waals surface area contributed by atoms with Crippen LogP contribution in [0, 0.1) is 0 Å². The summed E-state index contributed by atoms with van der Waals surface area (Å²) in [7, 11) is 0. The van der Waals surface area contributed by atoms with Gasteiger partial charge in [-0.1, -0.05) is 72.3 Å². The van der Waals surface area contributed by atoms with Crippen LogP contribution in [-0.4, -0.2) is 23.6 Å². The quantitative estimate of drug-likeness (QED) is 0.516. The molecule has 32 heavy (non-hydrogen) atoms. The molecule has 0 saturated heterocycles. The largest absolute Gasteiger partial charge is 0.453 e. The molecule has 0 aliphatic rings. The van der Waals surface area contributed by atoms with Gasteiger partial charge in [0, 0.05) is 5.02 Å². The van der Waals surface area contributed by atoms with Crippen molar-refractivity contribution in [2.75, 3.05) is 11.9 Å². The average Bonchev–Trinajstić information content (AvgIpc) is 2.78. The van der Waals surface area contributed by atoms with Gasteiger partial charge in [0.15, 0.2) is 6.61 Å². The second-order valence-corrected chi connectivity index (χ2v) is 7.19. The number of carbonyl (C=O) groups excluding carboxylic acids is 2. The number of alkyl halides is 3. The fourth-order valence-corrected chi connectivity index (χ4v) is 3.22. The Morgan fingerprint density at radius 1 is 0.906 bits per heavy atom. The topological polar surface area (TPSA) is 75.6 Å². The van der Waals surface area contributed by atoms with Crippen LogP contribution in [0.25, 0.3) is 0 Å². The molecule has 0 aliphatic carbocycles. The van der Waals surface area contributed by atoms with E-state index in [0.29, 0.717) is 6.07 Å². The number of nitrogens with one attached hydrogen (secondary N) is 1. The second kappa shape index (κ2) is 9.42. The summed E-state index contributed by atoms with van der Waals surface area (Å²) in [6.45, 7) is -0.916. The van der Waals surface area contributed by atoms with Crippen molar-refractivity contribution in [1.82, 2.24) is 0 Å². The van der Waals surface area contributed by atoms with Crippen LogP contribution < -0.4 is 5.32 Å². The predicted molar refractivity (Wildman–Crippen MR) is 112 cm³/mol. The number of halogens is 4. The summed E-state index contributed by atoms with van der Waals surface area (Å²) in [5, 5.41) is 13.1. The molecule has 0 saturated carbocycles. The molecule has 2 N–H and O–H groups in total. The Hall–Kier alpha value is -3.36. The highest BCUT2D eigenvalue weighted by Gasteiger charge is 2.42. The van der Waals surface area contributed by atoms with Crippen LogP contribution in [0.3, 0.4) is 0 Å². The van der Waals surface area contributed by atoms with Crippen LogP contribution in [0.15, 0.2) is 78.9 Å². The number of anilines is 1. The summed E-state index contributed by atoms with van der Waals surface area (Å²) in [5.74, 6) is -2.17. The molecule has 166 valence electrons. The first-order valence-electron chi connectivity index (χ1n) is 9.29. The van der Waals surface area contributed by atoms with Gasteiger partial charge >= 0.3 is 12.1 Å². The third kappa shape index (κ3) is 5.09. The number of esters is 1. The minimum Gasteiger partial charge on any atom is -0.453 e. The SMILES string of the molecule is O=C(COC(=O)C(O)(c1ccccc1)c1ccccc1)Nc1ccc(Cl)cc1C(F)(F)F. The third-order valence-corrected chi connectivity index (χ3v) is 4.81. The molecular weight excluding hydrogens is 447 g/mol. The number of hydrogen-bond acceptors (Lipinski definition) is 4. The van der Waals surface area contributed by atoms with E-state index in [9.17, 15) is 27.9 Å². The number of amides is 1. The van der Waals surface area contributed by atoms with Crippen molar-refractivity contribution in [1.29, 1.82) is 0 Å². The fourth-order valence-electron chi connectivity index (χ4n) is 3.04. The van der Waals surface area contributed by atoms with E-state index in [-0.39, 0.29) is 16.1 Å². The monoisotopic (exact) mass is 463 g/mol. The summed E-state index contributed by atoms with van der Waals surface area (Å²) in [6.07, 6.45) is -4.76. The van der Waals surface area contributed by atoms with E-state index in [0.717, 1.165) is 6.07 Å². The lowest BCUT2D eigenvalue weighted by atomic mass is 9.86. The maximum absolute atomic E-state index is 13.2. The van der Waals surface area contributed by atoms with Gasteiger partial charge in [0.1, 0.15) is 0 Å². The summed E-state index contributed by atoms with van der Waals surface area (Å²) >= 11 is 5.62. The molecule has 3 rings (SSSR count). The number of hydrogen-bond donors (Lipinski definition) is 2. The number of aliphatic hydroxyl groups is 1. The van der Waals surface area contributed by atoms with E-state index in [1.807, 2.05) is 0 Å². The molecule has 0 unspecified atom stereocenters. The Morgan fingerprint density at radius 3 is 1.94 bits per heavy atom. The molecule has 3 aromatic rings. The van der Waals surface area contributed by atoms with Crippen molar-refractivity contribution in [2.45, 2.75) is 11.8 Å². The molecule has 0 radical (unpaired) electrons. The summed E-state index contributed by atoms with van der Waals surface area (Å²) in [5.41, 5.74) is -3.50. The van der Waals surface area contributed by atoms with E-state index in [1.165, 1.54) is 30.3 Å². The van der Waals surface area contributed by atoms with Gasteiger partial charge in [-0.2, -0.15) is 13.2 Å². The minimum absolute atomic E-state index is 0.155. The molecular formula is C23H17ClF3NO4. The first kappa shape index (κ1) is 23.3. The van der Waals surface area contributed by atoms with Gasteiger partial charge in [0.2, 0.25) is 5.60 Å². The van der Waals surface area contributed by atoms with Crippen LogP contribution >= 0.6 is 11.6 Å². The molecule has 0 heterocycles. The first-order valence-corrected chi connectivity index (χ1v) is 9.67. The molecule has 0 spiro atoms. The fraction of sp³-hybridized carbons (Fsp3) is 0.130. The van der Waals surface area contributed by atoms with Crippen LogP contribution in [0.2, 0.25) is 5.02 Å². The number of rotatable bonds is 6. The number of benzene rings is 3. The summed E-state index contributed by atoms with van der Waals surface area (Å²) in [4.78, 5) is 25.1. The van der Waals surface area contributed by atoms with Crippen molar-refractivity contribution in [3.63, 3.8) is 0 Å². The van der Waals surface area contributed by atoms with E-state index in [2.05, 4.69) is 5.32 Å². The van der Waals surface area contributed by atoms with E-state index >= 15 is 0 Å². The lowest BCUT2D eigenvalue weighted by molar-refractivity contribution is -0.164. The zero-order valence-corrected chi connectivity index (χ0v) is 17.2. The second-order valence-electron chi connectivity index (χ2n) is 6.75. The normalized spacial score (nSPS) is 11.7. The van der Waals surface area contributed by atoms with Gasteiger partial charge in [-0.3, -0.25) is 4.79 Å². The van der Waals surface area contributed by atoms with E-state index < -0.39 is 41.5 Å². The predicted octanol–water partition coefficient (Wildman–Crippen LogP) is 4.78. The Labute approximate surface area is 186 Å². The van der Waals surface area contributed by atoms with E-state index in [4.69, 9.17) is 16.3 Å². The number of ether oxygens (including phenoxy) is 1. The van der Waals surface area contributed by atoms with Crippen molar-refractivity contribution < 1.29 is 32.6 Å². The maximum Gasteiger partial charge on any atom is 0.418 e. The lowest BCUT2D eigenvalue weighted by Crippen LogP contribution is -2.40. The highest BCUT2D eigenvalue weighted by molar-refractivity contribution is 6.30. The summed E-state index contributed by atoms with van der Waals surface area (Å²) in [6, 6.07) is 18.7. The highest BCUT2D eigenvalue weighted by Crippen LogP contribution is 2.36. The van der Waals surface area contributed by atoms with Crippen LogP contribution in [-0.2, 0) is 26.1 Å². The average molecular weight is 464 g/mol. The molecule has 5 nitrogen and oxygen atoms in total. The van der Waals surface area contributed by atoms with Crippen molar-refractivity contribution in [3.8, 4) is 0 Å². The van der Waals surface area contributed by atoms with Crippen molar-refractivity contribution >= 4 is 29.2 Å².